The molecule has 0 aliphatic carbocycles. The lowest BCUT2D eigenvalue weighted by Crippen LogP contribution is -2.36. The van der Waals surface area contributed by atoms with Gasteiger partial charge in [-0.25, -0.2) is 4.79 Å². The molecule has 1 atom stereocenters. The molecule has 34 heavy (non-hydrogen) atoms. The van der Waals surface area contributed by atoms with Crippen LogP contribution in [0.3, 0.4) is 0 Å². The molecule has 3 amide bonds. The van der Waals surface area contributed by atoms with Gasteiger partial charge in [-0.1, -0.05) is 0 Å². The van der Waals surface area contributed by atoms with E-state index in [-0.39, 0.29) is 17.4 Å². The third-order valence-electron chi connectivity index (χ3n) is 4.97. The molecule has 1 saturated heterocycles. The average molecular weight is 469 g/mol. The SMILES string of the molecule is CC(=O)Nc1cc(NC(C)=O)cc(C(=O)OC(C)C(=O)Nc2ccc(N3CCOCC3)cc2)c1. The Bertz CT molecular complexity index is 1030. The molecule has 1 aliphatic heterocycles. The Kier molecular flexibility index (Phi) is 8.20. The van der Waals surface area contributed by atoms with Gasteiger partial charge in [-0.2, -0.15) is 0 Å². The summed E-state index contributed by atoms with van der Waals surface area (Å²) in [6.07, 6.45) is -1.08. The summed E-state index contributed by atoms with van der Waals surface area (Å²) in [6, 6.07) is 11.7. The molecule has 1 unspecified atom stereocenters. The first-order chi connectivity index (χ1) is 16.2. The molecule has 1 aliphatic rings. The topological polar surface area (TPSA) is 126 Å². The molecular weight excluding hydrogens is 440 g/mol. The minimum atomic E-state index is -1.08. The summed E-state index contributed by atoms with van der Waals surface area (Å²) in [7, 11) is 0. The second-order valence-corrected chi connectivity index (χ2v) is 7.84. The van der Waals surface area contributed by atoms with Crippen LogP contribution in [-0.2, 0) is 23.9 Å². The highest BCUT2D eigenvalue weighted by Crippen LogP contribution is 2.22. The van der Waals surface area contributed by atoms with E-state index in [1.807, 2.05) is 12.1 Å². The number of hydrogen-bond donors (Lipinski definition) is 3. The van der Waals surface area contributed by atoms with E-state index in [9.17, 15) is 19.2 Å². The molecule has 10 heteroatoms. The normalized spacial score (nSPS) is 14.0. The summed E-state index contributed by atoms with van der Waals surface area (Å²) in [5.41, 5.74) is 2.30. The van der Waals surface area contributed by atoms with Gasteiger partial charge in [0, 0.05) is 49.7 Å². The number of nitrogens with one attached hydrogen (secondary N) is 3. The summed E-state index contributed by atoms with van der Waals surface area (Å²) in [5.74, 6) is -1.95. The lowest BCUT2D eigenvalue weighted by molar-refractivity contribution is -0.123. The van der Waals surface area contributed by atoms with Gasteiger partial charge in [0.1, 0.15) is 0 Å². The first-order valence-corrected chi connectivity index (χ1v) is 10.9. The Morgan fingerprint density at radius 2 is 1.41 bits per heavy atom. The van der Waals surface area contributed by atoms with Gasteiger partial charge in [-0.15, -0.1) is 0 Å². The number of ether oxygens (including phenoxy) is 2. The zero-order valence-electron chi connectivity index (χ0n) is 19.3. The van der Waals surface area contributed by atoms with Gasteiger partial charge in [0.25, 0.3) is 5.91 Å². The van der Waals surface area contributed by atoms with E-state index in [0.29, 0.717) is 30.3 Å². The molecule has 1 fully saturated rings. The highest BCUT2D eigenvalue weighted by atomic mass is 16.5. The summed E-state index contributed by atoms with van der Waals surface area (Å²) in [5, 5.41) is 7.86. The molecule has 2 aromatic rings. The molecule has 1 heterocycles. The van der Waals surface area contributed by atoms with Crippen LogP contribution in [0.15, 0.2) is 42.5 Å². The average Bonchev–Trinajstić information content (AvgIpc) is 2.79. The zero-order chi connectivity index (χ0) is 24.7. The fourth-order valence-electron chi connectivity index (χ4n) is 3.40. The van der Waals surface area contributed by atoms with Crippen molar-refractivity contribution in [3.8, 4) is 0 Å². The minimum absolute atomic E-state index is 0.0736. The number of hydrogen-bond acceptors (Lipinski definition) is 7. The summed E-state index contributed by atoms with van der Waals surface area (Å²) >= 11 is 0. The number of rotatable bonds is 7. The fourth-order valence-corrected chi connectivity index (χ4v) is 3.40. The van der Waals surface area contributed by atoms with Gasteiger partial charge < -0.3 is 30.3 Å². The van der Waals surface area contributed by atoms with Gasteiger partial charge in [0.05, 0.1) is 18.8 Å². The number of anilines is 4. The standard InChI is InChI=1S/C24H28N4O6/c1-15(23(31)27-19-4-6-22(7-5-19)28-8-10-33-11-9-28)34-24(32)18-12-20(25-16(2)29)14-21(13-18)26-17(3)30/h4-7,12-15H,8-11H2,1-3H3,(H,25,29)(H,26,30)(H,27,31). The van der Waals surface area contributed by atoms with E-state index >= 15 is 0 Å². The molecule has 0 bridgehead atoms. The van der Waals surface area contributed by atoms with Crippen LogP contribution in [0, 0.1) is 0 Å². The van der Waals surface area contributed by atoms with Gasteiger partial charge in [-0.3, -0.25) is 14.4 Å². The number of morpholine rings is 1. The van der Waals surface area contributed by atoms with Crippen LogP contribution in [-0.4, -0.2) is 56.1 Å². The summed E-state index contributed by atoms with van der Waals surface area (Å²) in [4.78, 5) is 50.2. The van der Waals surface area contributed by atoms with Crippen molar-refractivity contribution in [1.82, 2.24) is 0 Å². The molecule has 180 valence electrons. The van der Waals surface area contributed by atoms with Crippen LogP contribution < -0.4 is 20.9 Å². The van der Waals surface area contributed by atoms with Crippen LogP contribution in [0.4, 0.5) is 22.7 Å². The van der Waals surface area contributed by atoms with Crippen molar-refractivity contribution in [3.63, 3.8) is 0 Å². The van der Waals surface area contributed by atoms with Gasteiger partial charge in [0.2, 0.25) is 11.8 Å². The lowest BCUT2D eigenvalue weighted by Gasteiger charge is -2.28. The Hall–Kier alpha value is -3.92. The Morgan fingerprint density at radius 1 is 0.853 bits per heavy atom. The van der Waals surface area contributed by atoms with Crippen LogP contribution in [0.5, 0.6) is 0 Å². The minimum Gasteiger partial charge on any atom is -0.449 e. The van der Waals surface area contributed by atoms with Crippen molar-refractivity contribution in [2.45, 2.75) is 26.9 Å². The summed E-state index contributed by atoms with van der Waals surface area (Å²) in [6.45, 7) is 7.09. The summed E-state index contributed by atoms with van der Waals surface area (Å²) < 4.78 is 10.7. The number of nitrogens with zero attached hydrogens (tertiary/aromatic N) is 1. The van der Waals surface area contributed by atoms with Crippen LogP contribution in [0.25, 0.3) is 0 Å². The molecular formula is C24H28N4O6. The Morgan fingerprint density at radius 3 is 1.94 bits per heavy atom. The van der Waals surface area contributed by atoms with Crippen LogP contribution in [0.1, 0.15) is 31.1 Å². The van der Waals surface area contributed by atoms with E-state index in [1.165, 1.54) is 39.0 Å². The maximum atomic E-state index is 12.7. The largest absolute Gasteiger partial charge is 0.449 e. The Labute approximate surface area is 197 Å². The van der Waals surface area contributed by atoms with Crippen molar-refractivity contribution in [3.05, 3.63) is 48.0 Å². The molecule has 10 nitrogen and oxygen atoms in total. The van der Waals surface area contributed by atoms with Crippen molar-refractivity contribution in [2.75, 3.05) is 47.2 Å². The molecule has 3 N–H and O–H groups in total. The van der Waals surface area contributed by atoms with E-state index in [0.717, 1.165) is 18.8 Å². The molecule has 2 aromatic carbocycles. The van der Waals surface area contributed by atoms with E-state index in [2.05, 4.69) is 20.9 Å². The van der Waals surface area contributed by atoms with Crippen molar-refractivity contribution >= 4 is 46.4 Å². The number of carbonyl (C=O) groups is 4. The number of carbonyl (C=O) groups excluding carboxylic acids is 4. The van der Waals surface area contributed by atoms with E-state index in [1.54, 1.807) is 12.1 Å². The van der Waals surface area contributed by atoms with Crippen molar-refractivity contribution < 1.29 is 28.7 Å². The Balaban J connectivity index is 1.63. The van der Waals surface area contributed by atoms with Crippen LogP contribution >= 0.6 is 0 Å². The number of esters is 1. The first-order valence-electron chi connectivity index (χ1n) is 10.9. The maximum absolute atomic E-state index is 12.7. The zero-order valence-corrected chi connectivity index (χ0v) is 19.3. The van der Waals surface area contributed by atoms with Gasteiger partial charge in [0.15, 0.2) is 6.10 Å². The molecule has 0 aromatic heterocycles. The second-order valence-electron chi connectivity index (χ2n) is 7.84. The van der Waals surface area contributed by atoms with E-state index in [4.69, 9.17) is 9.47 Å². The lowest BCUT2D eigenvalue weighted by atomic mass is 10.1. The second kappa shape index (κ2) is 11.3. The highest BCUT2D eigenvalue weighted by molar-refractivity contribution is 6.00. The van der Waals surface area contributed by atoms with Crippen LogP contribution in [0.2, 0.25) is 0 Å². The monoisotopic (exact) mass is 468 g/mol. The fraction of sp³-hybridized carbons (Fsp3) is 0.333. The quantitative estimate of drug-likeness (QED) is 0.533. The first kappa shape index (κ1) is 24.7. The smallest absolute Gasteiger partial charge is 0.339 e. The molecule has 3 rings (SSSR count). The third-order valence-corrected chi connectivity index (χ3v) is 4.97. The third kappa shape index (κ3) is 7.04. The molecule has 0 saturated carbocycles. The number of amides is 3. The van der Waals surface area contributed by atoms with Crippen molar-refractivity contribution in [2.24, 2.45) is 0 Å². The predicted molar refractivity (Wildman–Crippen MR) is 128 cm³/mol. The maximum Gasteiger partial charge on any atom is 0.339 e. The van der Waals surface area contributed by atoms with E-state index < -0.39 is 18.0 Å². The number of benzene rings is 2. The molecule has 0 spiro atoms. The van der Waals surface area contributed by atoms with Gasteiger partial charge in [-0.05, 0) is 49.4 Å². The highest BCUT2D eigenvalue weighted by Gasteiger charge is 2.20. The van der Waals surface area contributed by atoms with Gasteiger partial charge >= 0.3 is 5.97 Å². The predicted octanol–water partition coefficient (Wildman–Crippen LogP) is 2.62. The van der Waals surface area contributed by atoms with Crippen molar-refractivity contribution in [1.29, 1.82) is 0 Å². The molecule has 0 radical (unpaired) electrons.